The summed E-state index contributed by atoms with van der Waals surface area (Å²) in [6.45, 7) is 6.66. The van der Waals surface area contributed by atoms with Crippen LogP contribution in [0.5, 0.6) is 0 Å². The maximum atomic E-state index is 5.54. The van der Waals surface area contributed by atoms with Gasteiger partial charge in [-0.1, -0.05) is 6.08 Å². The first kappa shape index (κ1) is 8.75. The van der Waals surface area contributed by atoms with Gasteiger partial charge in [0, 0.05) is 13.1 Å². The molecule has 1 fully saturated rings. The van der Waals surface area contributed by atoms with Crippen molar-refractivity contribution in [3.8, 4) is 0 Å². The van der Waals surface area contributed by atoms with Crippen LogP contribution in [-0.4, -0.2) is 37.7 Å². The summed E-state index contributed by atoms with van der Waals surface area (Å²) in [5.41, 5.74) is 0. The molecule has 2 nitrogen and oxygen atoms in total. The van der Waals surface area contributed by atoms with E-state index in [0.717, 1.165) is 0 Å². The van der Waals surface area contributed by atoms with Crippen LogP contribution in [0.1, 0.15) is 12.8 Å². The van der Waals surface area contributed by atoms with E-state index in [1.165, 1.54) is 25.9 Å². The zero-order valence-corrected chi connectivity index (χ0v) is 7.25. The van der Waals surface area contributed by atoms with E-state index in [1.54, 1.807) is 0 Å². The van der Waals surface area contributed by atoms with E-state index < -0.39 is 0 Å². The summed E-state index contributed by atoms with van der Waals surface area (Å²) < 4.78 is 5.54. The summed E-state index contributed by atoms with van der Waals surface area (Å²) >= 11 is 0. The Hall–Kier alpha value is -0.340. The van der Waals surface area contributed by atoms with E-state index in [0.29, 0.717) is 12.7 Å². The van der Waals surface area contributed by atoms with Gasteiger partial charge < -0.3 is 9.64 Å². The number of ether oxygens (including phenoxy) is 1. The summed E-state index contributed by atoms with van der Waals surface area (Å²) in [6, 6.07) is 0. The summed E-state index contributed by atoms with van der Waals surface area (Å²) in [5.74, 6) is 0. The normalized spacial score (nSPS) is 21.9. The molecule has 0 unspecified atom stereocenters. The van der Waals surface area contributed by atoms with Crippen molar-refractivity contribution < 1.29 is 4.74 Å². The standard InChI is InChI=1S/C9H17NO/c1-3-8-11-9-4-6-10(2)7-5-9/h3,9H,1,4-8H2,2H3. The molecule has 0 aromatic carbocycles. The first-order valence-corrected chi connectivity index (χ1v) is 4.24. The van der Waals surface area contributed by atoms with Gasteiger partial charge in [0.2, 0.25) is 0 Å². The Morgan fingerprint density at radius 1 is 1.55 bits per heavy atom. The Kier molecular flexibility index (Phi) is 3.60. The molecule has 1 rings (SSSR count). The van der Waals surface area contributed by atoms with E-state index in [-0.39, 0.29) is 0 Å². The van der Waals surface area contributed by atoms with Gasteiger partial charge in [0.25, 0.3) is 0 Å². The second kappa shape index (κ2) is 4.52. The Morgan fingerprint density at radius 3 is 2.73 bits per heavy atom. The second-order valence-corrected chi connectivity index (χ2v) is 3.12. The molecule has 1 aliphatic rings. The maximum absolute atomic E-state index is 5.54. The number of hydrogen-bond donors (Lipinski definition) is 0. The fourth-order valence-corrected chi connectivity index (χ4v) is 1.36. The van der Waals surface area contributed by atoms with Gasteiger partial charge in [-0.3, -0.25) is 0 Å². The molecule has 0 aliphatic carbocycles. The van der Waals surface area contributed by atoms with Crippen molar-refractivity contribution in [2.45, 2.75) is 18.9 Å². The van der Waals surface area contributed by atoms with Crippen molar-refractivity contribution in [1.82, 2.24) is 4.90 Å². The molecule has 0 aromatic rings. The summed E-state index contributed by atoms with van der Waals surface area (Å²) in [6.07, 6.45) is 4.64. The fraction of sp³-hybridized carbons (Fsp3) is 0.778. The third-order valence-electron chi connectivity index (χ3n) is 2.12. The predicted octanol–water partition coefficient (Wildman–Crippen LogP) is 1.28. The van der Waals surface area contributed by atoms with Crippen LogP contribution in [0.4, 0.5) is 0 Å². The van der Waals surface area contributed by atoms with E-state index in [1.807, 2.05) is 6.08 Å². The lowest BCUT2D eigenvalue weighted by Gasteiger charge is -2.28. The van der Waals surface area contributed by atoms with Gasteiger partial charge in [-0.05, 0) is 19.9 Å². The summed E-state index contributed by atoms with van der Waals surface area (Å²) in [7, 11) is 2.16. The topological polar surface area (TPSA) is 12.5 Å². The quantitative estimate of drug-likeness (QED) is 0.569. The van der Waals surface area contributed by atoms with Crippen molar-refractivity contribution in [2.75, 3.05) is 26.7 Å². The molecule has 0 spiro atoms. The smallest absolute Gasteiger partial charge is 0.0648 e. The molecule has 2 heteroatoms. The van der Waals surface area contributed by atoms with Gasteiger partial charge in [0.1, 0.15) is 0 Å². The molecule has 0 atom stereocenters. The molecule has 0 saturated carbocycles. The van der Waals surface area contributed by atoms with E-state index in [9.17, 15) is 0 Å². The van der Waals surface area contributed by atoms with Crippen LogP contribution in [0.3, 0.4) is 0 Å². The van der Waals surface area contributed by atoms with Gasteiger partial charge in [0.05, 0.1) is 12.7 Å². The highest BCUT2D eigenvalue weighted by atomic mass is 16.5. The van der Waals surface area contributed by atoms with Gasteiger partial charge in [-0.2, -0.15) is 0 Å². The lowest BCUT2D eigenvalue weighted by atomic mass is 10.1. The number of hydrogen-bond acceptors (Lipinski definition) is 2. The lowest BCUT2D eigenvalue weighted by Crippen LogP contribution is -2.34. The first-order valence-electron chi connectivity index (χ1n) is 4.24. The molecule has 64 valence electrons. The van der Waals surface area contributed by atoms with Crippen LogP contribution in [0, 0.1) is 0 Å². The number of likely N-dealkylation sites (tertiary alicyclic amines) is 1. The second-order valence-electron chi connectivity index (χ2n) is 3.12. The van der Waals surface area contributed by atoms with Crippen LogP contribution < -0.4 is 0 Å². The Morgan fingerprint density at radius 2 is 2.18 bits per heavy atom. The zero-order chi connectivity index (χ0) is 8.10. The molecule has 0 radical (unpaired) electrons. The van der Waals surface area contributed by atoms with E-state index in [2.05, 4.69) is 18.5 Å². The van der Waals surface area contributed by atoms with Crippen LogP contribution >= 0.6 is 0 Å². The van der Waals surface area contributed by atoms with Crippen molar-refractivity contribution in [1.29, 1.82) is 0 Å². The average molecular weight is 155 g/mol. The van der Waals surface area contributed by atoms with Crippen molar-refractivity contribution in [3.63, 3.8) is 0 Å². The van der Waals surface area contributed by atoms with Gasteiger partial charge in [-0.15, -0.1) is 6.58 Å². The van der Waals surface area contributed by atoms with E-state index in [4.69, 9.17) is 4.74 Å². The van der Waals surface area contributed by atoms with Gasteiger partial charge in [-0.25, -0.2) is 0 Å². The molecule has 0 aromatic heterocycles. The summed E-state index contributed by atoms with van der Waals surface area (Å²) in [5, 5.41) is 0. The Bertz CT molecular complexity index is 117. The highest BCUT2D eigenvalue weighted by Crippen LogP contribution is 2.11. The fourth-order valence-electron chi connectivity index (χ4n) is 1.36. The number of nitrogens with zero attached hydrogens (tertiary/aromatic N) is 1. The Labute approximate surface area is 68.8 Å². The SMILES string of the molecule is C=CCOC1CCN(C)CC1. The van der Waals surface area contributed by atoms with Crippen molar-refractivity contribution in [3.05, 3.63) is 12.7 Å². The maximum Gasteiger partial charge on any atom is 0.0648 e. The van der Waals surface area contributed by atoms with Crippen molar-refractivity contribution >= 4 is 0 Å². The van der Waals surface area contributed by atoms with Gasteiger partial charge >= 0.3 is 0 Å². The average Bonchev–Trinajstić information content (AvgIpc) is 2.04. The molecule has 11 heavy (non-hydrogen) atoms. The minimum absolute atomic E-state index is 0.476. The molecule has 0 N–H and O–H groups in total. The van der Waals surface area contributed by atoms with Crippen LogP contribution in [-0.2, 0) is 4.74 Å². The summed E-state index contributed by atoms with van der Waals surface area (Å²) in [4.78, 5) is 2.34. The molecular formula is C9H17NO. The Balaban J connectivity index is 2.12. The molecule has 0 amide bonds. The minimum Gasteiger partial charge on any atom is -0.374 e. The highest BCUT2D eigenvalue weighted by molar-refractivity contribution is 4.72. The van der Waals surface area contributed by atoms with Crippen LogP contribution in [0.25, 0.3) is 0 Å². The molecule has 0 bridgehead atoms. The van der Waals surface area contributed by atoms with Crippen LogP contribution in [0.2, 0.25) is 0 Å². The van der Waals surface area contributed by atoms with Crippen LogP contribution in [0.15, 0.2) is 12.7 Å². The molecule has 1 heterocycles. The monoisotopic (exact) mass is 155 g/mol. The number of piperidine rings is 1. The zero-order valence-electron chi connectivity index (χ0n) is 7.25. The largest absolute Gasteiger partial charge is 0.374 e. The molecule has 1 saturated heterocycles. The third-order valence-corrected chi connectivity index (χ3v) is 2.12. The minimum atomic E-state index is 0.476. The first-order chi connectivity index (χ1) is 5.33. The molecular weight excluding hydrogens is 138 g/mol. The van der Waals surface area contributed by atoms with Crippen molar-refractivity contribution in [2.24, 2.45) is 0 Å². The van der Waals surface area contributed by atoms with Gasteiger partial charge in [0.15, 0.2) is 0 Å². The lowest BCUT2D eigenvalue weighted by molar-refractivity contribution is 0.0281. The highest BCUT2D eigenvalue weighted by Gasteiger charge is 2.15. The molecule has 1 aliphatic heterocycles. The predicted molar refractivity (Wildman–Crippen MR) is 46.7 cm³/mol. The third kappa shape index (κ3) is 3.04. The van der Waals surface area contributed by atoms with E-state index >= 15 is 0 Å². The number of rotatable bonds is 3.